The van der Waals surface area contributed by atoms with Crippen LogP contribution >= 0.6 is 0 Å². The van der Waals surface area contributed by atoms with E-state index in [-0.39, 0.29) is 12.4 Å². The number of esters is 1. The molecule has 0 saturated carbocycles. The molecule has 0 fully saturated rings. The van der Waals surface area contributed by atoms with Crippen molar-refractivity contribution in [3.63, 3.8) is 0 Å². The number of methoxy groups -OCH3 is 1. The fourth-order valence-corrected chi connectivity index (χ4v) is 1.60. The molecule has 1 aromatic carbocycles. The van der Waals surface area contributed by atoms with Crippen LogP contribution in [0, 0.1) is 11.3 Å². The third-order valence-electron chi connectivity index (χ3n) is 2.76. The molecule has 1 unspecified atom stereocenters. The van der Waals surface area contributed by atoms with Crippen LogP contribution in [0.25, 0.3) is 0 Å². The van der Waals surface area contributed by atoms with Gasteiger partial charge in [-0.05, 0) is 17.0 Å². The van der Waals surface area contributed by atoms with E-state index in [0.29, 0.717) is 5.92 Å². The quantitative estimate of drug-likeness (QED) is 0.748. The molecule has 0 aliphatic rings. The Bertz CT molecular complexity index is 415. The second-order valence-electron chi connectivity index (χ2n) is 4.28. The molecule has 0 aromatic heterocycles. The fourth-order valence-electron chi connectivity index (χ4n) is 1.60. The highest BCUT2D eigenvalue weighted by Crippen LogP contribution is 2.22. The predicted molar refractivity (Wildman–Crippen MR) is 65.5 cm³/mol. The monoisotopic (exact) mass is 231 g/mol. The summed E-state index contributed by atoms with van der Waals surface area (Å²) in [6, 6.07) is 9.95. The summed E-state index contributed by atoms with van der Waals surface area (Å²) in [6.45, 7) is 4.23. The third kappa shape index (κ3) is 3.60. The summed E-state index contributed by atoms with van der Waals surface area (Å²) in [5.74, 6) is -0.321. The van der Waals surface area contributed by atoms with Crippen molar-refractivity contribution in [1.29, 1.82) is 5.26 Å². The highest BCUT2D eigenvalue weighted by atomic mass is 16.5. The maximum atomic E-state index is 11.2. The summed E-state index contributed by atoms with van der Waals surface area (Å²) < 4.78 is 4.58. The van der Waals surface area contributed by atoms with E-state index >= 15 is 0 Å². The standard InChI is InChI=1S/C14H17NO2/c1-10(2)11-4-6-12(7-5-11)13(9-15)8-14(16)17-3/h4-7,10,13H,8H2,1-3H3. The minimum Gasteiger partial charge on any atom is -0.469 e. The van der Waals surface area contributed by atoms with Crippen molar-refractivity contribution in [3.05, 3.63) is 35.4 Å². The zero-order chi connectivity index (χ0) is 12.8. The first-order chi connectivity index (χ1) is 8.08. The Morgan fingerprint density at radius 2 is 1.82 bits per heavy atom. The van der Waals surface area contributed by atoms with Gasteiger partial charge in [-0.3, -0.25) is 4.79 Å². The Hall–Kier alpha value is -1.82. The maximum Gasteiger partial charge on any atom is 0.307 e. The molecule has 0 amide bonds. The number of benzene rings is 1. The highest BCUT2D eigenvalue weighted by Gasteiger charge is 2.15. The molecular weight excluding hydrogens is 214 g/mol. The van der Waals surface area contributed by atoms with Gasteiger partial charge in [0.25, 0.3) is 0 Å². The number of ether oxygens (including phenoxy) is 1. The number of carbonyl (C=O) groups excluding carboxylic acids is 1. The van der Waals surface area contributed by atoms with Crippen LogP contribution in [0.15, 0.2) is 24.3 Å². The van der Waals surface area contributed by atoms with Crippen LogP contribution in [0.3, 0.4) is 0 Å². The van der Waals surface area contributed by atoms with Crippen molar-refractivity contribution in [3.8, 4) is 6.07 Å². The second-order valence-corrected chi connectivity index (χ2v) is 4.28. The Morgan fingerprint density at radius 3 is 2.24 bits per heavy atom. The summed E-state index contributed by atoms with van der Waals surface area (Å²) in [6.07, 6.45) is 0.105. The van der Waals surface area contributed by atoms with Crippen LogP contribution in [-0.2, 0) is 9.53 Å². The normalized spacial score (nSPS) is 11.9. The van der Waals surface area contributed by atoms with Crippen LogP contribution in [0.2, 0.25) is 0 Å². The van der Waals surface area contributed by atoms with Crippen molar-refractivity contribution >= 4 is 5.97 Å². The molecule has 90 valence electrons. The molecule has 1 aromatic rings. The molecule has 0 heterocycles. The van der Waals surface area contributed by atoms with E-state index in [1.807, 2.05) is 24.3 Å². The number of nitriles is 1. The molecule has 0 radical (unpaired) electrons. The molecular formula is C14H17NO2. The smallest absolute Gasteiger partial charge is 0.307 e. The van der Waals surface area contributed by atoms with Gasteiger partial charge in [-0.2, -0.15) is 5.26 Å². The van der Waals surface area contributed by atoms with Gasteiger partial charge in [0.05, 0.1) is 25.5 Å². The second kappa shape index (κ2) is 6.05. The average Bonchev–Trinajstić information content (AvgIpc) is 2.35. The van der Waals surface area contributed by atoms with Gasteiger partial charge in [-0.1, -0.05) is 38.1 Å². The molecule has 0 aliphatic heterocycles. The van der Waals surface area contributed by atoms with Crippen LogP contribution in [0.5, 0.6) is 0 Å². The van der Waals surface area contributed by atoms with Gasteiger partial charge in [-0.15, -0.1) is 0 Å². The fraction of sp³-hybridized carbons (Fsp3) is 0.429. The summed E-state index contributed by atoms with van der Waals surface area (Å²) in [7, 11) is 1.33. The maximum absolute atomic E-state index is 11.2. The molecule has 0 saturated heterocycles. The molecule has 0 aliphatic carbocycles. The van der Waals surface area contributed by atoms with Gasteiger partial charge < -0.3 is 4.74 Å². The van der Waals surface area contributed by atoms with Crippen molar-refractivity contribution in [2.75, 3.05) is 7.11 Å². The van der Waals surface area contributed by atoms with E-state index in [4.69, 9.17) is 5.26 Å². The Morgan fingerprint density at radius 1 is 1.29 bits per heavy atom. The number of rotatable bonds is 4. The van der Waals surface area contributed by atoms with Crippen molar-refractivity contribution in [2.45, 2.75) is 32.1 Å². The van der Waals surface area contributed by atoms with Gasteiger partial charge in [0.2, 0.25) is 0 Å². The molecule has 3 nitrogen and oxygen atoms in total. The summed E-state index contributed by atoms with van der Waals surface area (Å²) in [5, 5.41) is 9.04. The number of hydrogen-bond acceptors (Lipinski definition) is 3. The molecule has 0 N–H and O–H groups in total. The van der Waals surface area contributed by atoms with Crippen molar-refractivity contribution in [2.24, 2.45) is 0 Å². The van der Waals surface area contributed by atoms with Crippen molar-refractivity contribution in [1.82, 2.24) is 0 Å². The molecule has 0 bridgehead atoms. The van der Waals surface area contributed by atoms with E-state index in [9.17, 15) is 4.79 Å². The molecule has 17 heavy (non-hydrogen) atoms. The minimum atomic E-state index is -0.427. The Balaban J connectivity index is 2.83. The van der Waals surface area contributed by atoms with Gasteiger partial charge in [0.15, 0.2) is 0 Å². The lowest BCUT2D eigenvalue weighted by molar-refractivity contribution is -0.140. The first-order valence-corrected chi connectivity index (χ1v) is 5.64. The third-order valence-corrected chi connectivity index (χ3v) is 2.76. The van der Waals surface area contributed by atoms with Crippen molar-refractivity contribution < 1.29 is 9.53 Å². The lowest BCUT2D eigenvalue weighted by Gasteiger charge is -2.10. The van der Waals surface area contributed by atoms with E-state index < -0.39 is 5.92 Å². The topological polar surface area (TPSA) is 50.1 Å². The zero-order valence-corrected chi connectivity index (χ0v) is 10.4. The number of hydrogen-bond donors (Lipinski definition) is 0. The molecule has 1 rings (SSSR count). The first kappa shape index (κ1) is 13.2. The first-order valence-electron chi connectivity index (χ1n) is 5.64. The van der Waals surface area contributed by atoms with Gasteiger partial charge in [0.1, 0.15) is 0 Å². The molecule has 1 atom stereocenters. The molecule has 0 spiro atoms. The minimum absolute atomic E-state index is 0.105. The van der Waals surface area contributed by atoms with Gasteiger partial charge in [-0.25, -0.2) is 0 Å². The van der Waals surface area contributed by atoms with Crippen LogP contribution in [0.4, 0.5) is 0 Å². The number of nitrogens with zero attached hydrogens (tertiary/aromatic N) is 1. The number of carbonyl (C=O) groups is 1. The average molecular weight is 231 g/mol. The predicted octanol–water partition coefficient (Wildman–Crippen LogP) is 2.98. The highest BCUT2D eigenvalue weighted by molar-refractivity contribution is 5.71. The van der Waals surface area contributed by atoms with E-state index in [1.54, 1.807) is 0 Å². The summed E-state index contributed by atoms with van der Waals surface area (Å²) >= 11 is 0. The van der Waals surface area contributed by atoms with E-state index in [1.165, 1.54) is 12.7 Å². The van der Waals surface area contributed by atoms with E-state index in [0.717, 1.165) is 5.56 Å². The SMILES string of the molecule is COC(=O)CC(C#N)c1ccc(C(C)C)cc1. The van der Waals surface area contributed by atoms with Crippen LogP contribution in [-0.4, -0.2) is 13.1 Å². The molecule has 3 heteroatoms. The summed E-state index contributed by atoms with van der Waals surface area (Å²) in [4.78, 5) is 11.2. The largest absolute Gasteiger partial charge is 0.469 e. The van der Waals surface area contributed by atoms with Crippen LogP contribution in [0.1, 0.15) is 43.2 Å². The summed E-state index contributed by atoms with van der Waals surface area (Å²) in [5.41, 5.74) is 2.09. The Labute approximate surface area is 102 Å². The van der Waals surface area contributed by atoms with Gasteiger partial charge in [0, 0.05) is 0 Å². The Kier molecular flexibility index (Phi) is 4.71. The lowest BCUT2D eigenvalue weighted by Crippen LogP contribution is -2.07. The zero-order valence-electron chi connectivity index (χ0n) is 10.4. The van der Waals surface area contributed by atoms with E-state index in [2.05, 4.69) is 24.7 Å². The van der Waals surface area contributed by atoms with Crippen LogP contribution < -0.4 is 0 Å². The van der Waals surface area contributed by atoms with Gasteiger partial charge >= 0.3 is 5.97 Å². The lowest BCUT2D eigenvalue weighted by atomic mass is 9.94.